The molecule has 1 amide bonds. The number of thioether (sulfide) groups is 1. The highest BCUT2D eigenvalue weighted by molar-refractivity contribution is 7.98. The third-order valence-corrected chi connectivity index (χ3v) is 5.20. The fourth-order valence-corrected chi connectivity index (χ4v) is 3.67. The van der Waals surface area contributed by atoms with Crippen LogP contribution in [0.25, 0.3) is 0 Å². The standard InChI is InChI=1S/C19H21NO2S/c1-22-16-9-7-14(8-10-16)15-11-12-20(13-15)19(21)17-5-3-4-6-18(17)23-2/h3-10,15H,11-13H2,1-2H3/t15-/m1/s1. The van der Waals surface area contributed by atoms with E-state index >= 15 is 0 Å². The third kappa shape index (κ3) is 3.37. The maximum absolute atomic E-state index is 12.8. The molecule has 0 aliphatic carbocycles. The molecular weight excluding hydrogens is 306 g/mol. The SMILES string of the molecule is COc1ccc([C@@H]2CCN(C(=O)c3ccccc3SC)C2)cc1. The molecule has 1 fully saturated rings. The summed E-state index contributed by atoms with van der Waals surface area (Å²) in [6, 6.07) is 16.0. The normalized spacial score (nSPS) is 17.3. The number of ether oxygens (including phenoxy) is 1. The van der Waals surface area contributed by atoms with Gasteiger partial charge in [-0.3, -0.25) is 4.79 Å². The quantitative estimate of drug-likeness (QED) is 0.794. The molecule has 2 aromatic carbocycles. The van der Waals surface area contributed by atoms with Crippen LogP contribution < -0.4 is 4.74 Å². The minimum absolute atomic E-state index is 0.144. The summed E-state index contributed by atoms with van der Waals surface area (Å²) < 4.78 is 5.21. The summed E-state index contributed by atoms with van der Waals surface area (Å²) in [4.78, 5) is 15.8. The van der Waals surface area contributed by atoms with Gasteiger partial charge in [0.15, 0.2) is 0 Å². The Morgan fingerprint density at radius 3 is 2.61 bits per heavy atom. The molecule has 120 valence electrons. The van der Waals surface area contributed by atoms with Crippen molar-refractivity contribution in [1.82, 2.24) is 4.90 Å². The molecule has 0 spiro atoms. The smallest absolute Gasteiger partial charge is 0.255 e. The van der Waals surface area contributed by atoms with Crippen molar-refractivity contribution >= 4 is 17.7 Å². The Morgan fingerprint density at radius 2 is 1.91 bits per heavy atom. The number of methoxy groups -OCH3 is 1. The van der Waals surface area contributed by atoms with E-state index in [4.69, 9.17) is 4.74 Å². The topological polar surface area (TPSA) is 29.5 Å². The van der Waals surface area contributed by atoms with Crippen LogP contribution in [0.4, 0.5) is 0 Å². The van der Waals surface area contributed by atoms with E-state index in [1.54, 1.807) is 18.9 Å². The Balaban J connectivity index is 1.72. The van der Waals surface area contributed by atoms with Crippen LogP contribution in [0, 0.1) is 0 Å². The van der Waals surface area contributed by atoms with Gasteiger partial charge in [0.25, 0.3) is 5.91 Å². The molecule has 1 heterocycles. The van der Waals surface area contributed by atoms with Crippen LogP contribution in [-0.2, 0) is 0 Å². The third-order valence-electron chi connectivity index (χ3n) is 4.40. The second-order valence-electron chi connectivity index (χ2n) is 5.71. The van der Waals surface area contributed by atoms with E-state index in [2.05, 4.69) is 12.1 Å². The summed E-state index contributed by atoms with van der Waals surface area (Å²) in [5, 5.41) is 0. The number of amides is 1. The lowest BCUT2D eigenvalue weighted by molar-refractivity contribution is 0.0787. The summed E-state index contributed by atoms with van der Waals surface area (Å²) in [6.45, 7) is 1.60. The monoisotopic (exact) mass is 327 g/mol. The van der Waals surface area contributed by atoms with E-state index in [0.717, 1.165) is 35.7 Å². The first-order chi connectivity index (χ1) is 11.2. The molecule has 4 heteroatoms. The second-order valence-corrected chi connectivity index (χ2v) is 6.56. The maximum atomic E-state index is 12.8. The molecule has 0 bridgehead atoms. The van der Waals surface area contributed by atoms with E-state index in [-0.39, 0.29) is 5.91 Å². The van der Waals surface area contributed by atoms with Gasteiger partial charge in [-0.2, -0.15) is 0 Å². The van der Waals surface area contributed by atoms with Crippen molar-refractivity contribution in [3.63, 3.8) is 0 Å². The zero-order valence-corrected chi connectivity index (χ0v) is 14.3. The number of carbonyl (C=O) groups is 1. The van der Waals surface area contributed by atoms with E-state index in [0.29, 0.717) is 5.92 Å². The average Bonchev–Trinajstić information content (AvgIpc) is 3.11. The molecule has 3 nitrogen and oxygen atoms in total. The van der Waals surface area contributed by atoms with Crippen molar-refractivity contribution in [2.75, 3.05) is 26.5 Å². The highest BCUT2D eigenvalue weighted by Crippen LogP contribution is 2.30. The molecular formula is C19H21NO2S. The van der Waals surface area contributed by atoms with E-state index < -0.39 is 0 Å². The molecule has 2 aromatic rings. The molecule has 3 rings (SSSR count). The molecule has 1 atom stereocenters. The average molecular weight is 327 g/mol. The molecule has 0 saturated carbocycles. The molecule has 1 aliphatic heterocycles. The molecule has 1 aliphatic rings. The summed E-state index contributed by atoms with van der Waals surface area (Å²) >= 11 is 1.62. The van der Waals surface area contributed by atoms with Crippen molar-refractivity contribution < 1.29 is 9.53 Å². The lowest BCUT2D eigenvalue weighted by Crippen LogP contribution is -2.28. The summed E-state index contributed by atoms with van der Waals surface area (Å²) in [6.07, 6.45) is 3.02. The van der Waals surface area contributed by atoms with Gasteiger partial charge in [-0.05, 0) is 42.5 Å². The van der Waals surface area contributed by atoms with Crippen molar-refractivity contribution in [3.8, 4) is 5.75 Å². The summed E-state index contributed by atoms with van der Waals surface area (Å²) in [7, 11) is 1.67. The fraction of sp³-hybridized carbons (Fsp3) is 0.316. The Bertz CT molecular complexity index is 684. The van der Waals surface area contributed by atoms with Crippen molar-refractivity contribution in [2.24, 2.45) is 0 Å². The molecule has 0 unspecified atom stereocenters. The van der Waals surface area contributed by atoms with Crippen molar-refractivity contribution in [2.45, 2.75) is 17.2 Å². The summed E-state index contributed by atoms with van der Waals surface area (Å²) in [5.74, 6) is 1.42. The van der Waals surface area contributed by atoms with E-state index in [9.17, 15) is 4.79 Å². The fourth-order valence-electron chi connectivity index (χ4n) is 3.08. The molecule has 0 radical (unpaired) electrons. The predicted molar refractivity (Wildman–Crippen MR) is 94.5 cm³/mol. The largest absolute Gasteiger partial charge is 0.497 e. The van der Waals surface area contributed by atoms with Gasteiger partial charge < -0.3 is 9.64 Å². The molecule has 0 N–H and O–H groups in total. The highest BCUT2D eigenvalue weighted by atomic mass is 32.2. The van der Waals surface area contributed by atoms with Crippen LogP contribution in [-0.4, -0.2) is 37.3 Å². The van der Waals surface area contributed by atoms with Gasteiger partial charge in [0, 0.05) is 23.9 Å². The van der Waals surface area contributed by atoms with Crippen LogP contribution in [0.1, 0.15) is 28.3 Å². The van der Waals surface area contributed by atoms with Gasteiger partial charge in [0.2, 0.25) is 0 Å². The first-order valence-electron chi connectivity index (χ1n) is 7.79. The number of rotatable bonds is 4. The van der Waals surface area contributed by atoms with Gasteiger partial charge >= 0.3 is 0 Å². The van der Waals surface area contributed by atoms with Gasteiger partial charge in [-0.1, -0.05) is 24.3 Å². The van der Waals surface area contributed by atoms with E-state index in [1.165, 1.54) is 5.56 Å². The van der Waals surface area contributed by atoms with E-state index in [1.807, 2.05) is 47.6 Å². The highest BCUT2D eigenvalue weighted by Gasteiger charge is 2.28. The molecule has 0 aromatic heterocycles. The molecule has 1 saturated heterocycles. The lowest BCUT2D eigenvalue weighted by atomic mass is 9.98. The zero-order valence-electron chi connectivity index (χ0n) is 13.5. The van der Waals surface area contributed by atoms with Gasteiger partial charge in [0.1, 0.15) is 5.75 Å². The van der Waals surface area contributed by atoms with Crippen LogP contribution >= 0.6 is 11.8 Å². The molecule has 23 heavy (non-hydrogen) atoms. The predicted octanol–water partition coefficient (Wildman–Crippen LogP) is 4.05. The van der Waals surface area contributed by atoms with Crippen LogP contribution in [0.2, 0.25) is 0 Å². The minimum Gasteiger partial charge on any atom is -0.497 e. The Kier molecular flexibility index (Phi) is 4.91. The Morgan fingerprint density at radius 1 is 1.17 bits per heavy atom. The Labute approximate surface area is 141 Å². The van der Waals surface area contributed by atoms with Crippen molar-refractivity contribution in [3.05, 3.63) is 59.7 Å². The lowest BCUT2D eigenvalue weighted by Gasteiger charge is -2.18. The van der Waals surface area contributed by atoms with Crippen LogP contribution in [0.3, 0.4) is 0 Å². The first kappa shape index (κ1) is 15.9. The number of likely N-dealkylation sites (tertiary alicyclic amines) is 1. The van der Waals surface area contributed by atoms with Crippen LogP contribution in [0.5, 0.6) is 5.75 Å². The van der Waals surface area contributed by atoms with Gasteiger partial charge in [-0.15, -0.1) is 11.8 Å². The van der Waals surface area contributed by atoms with Crippen LogP contribution in [0.15, 0.2) is 53.4 Å². The first-order valence-corrected chi connectivity index (χ1v) is 9.01. The number of nitrogens with zero attached hydrogens (tertiary/aromatic N) is 1. The number of benzene rings is 2. The maximum Gasteiger partial charge on any atom is 0.255 e. The zero-order chi connectivity index (χ0) is 16.2. The Hall–Kier alpha value is -1.94. The number of hydrogen-bond donors (Lipinski definition) is 0. The van der Waals surface area contributed by atoms with Crippen molar-refractivity contribution in [1.29, 1.82) is 0 Å². The second kappa shape index (κ2) is 7.09. The van der Waals surface area contributed by atoms with Gasteiger partial charge in [-0.25, -0.2) is 0 Å². The number of hydrogen-bond acceptors (Lipinski definition) is 3. The minimum atomic E-state index is 0.144. The summed E-state index contributed by atoms with van der Waals surface area (Å²) in [5.41, 5.74) is 2.09. The number of carbonyl (C=O) groups excluding carboxylic acids is 1. The van der Waals surface area contributed by atoms with Gasteiger partial charge in [0.05, 0.1) is 12.7 Å².